The van der Waals surface area contributed by atoms with E-state index < -0.39 is 0 Å². The van der Waals surface area contributed by atoms with Crippen LogP contribution in [-0.4, -0.2) is 50.1 Å². The van der Waals surface area contributed by atoms with Crippen molar-refractivity contribution in [2.75, 3.05) is 33.4 Å². The molecule has 0 amide bonds. The first kappa shape index (κ1) is 24.1. The molecule has 5 heteroatoms. The van der Waals surface area contributed by atoms with Crippen molar-refractivity contribution in [3.8, 4) is 11.1 Å². The van der Waals surface area contributed by atoms with Gasteiger partial charge in [0, 0.05) is 24.9 Å². The average Bonchev–Trinajstić information content (AvgIpc) is 2.82. The summed E-state index contributed by atoms with van der Waals surface area (Å²) in [7, 11) is 2.14. The van der Waals surface area contributed by atoms with Crippen LogP contribution in [0.15, 0.2) is 48.5 Å². The normalized spacial score (nSPS) is 16.6. The molecule has 1 aliphatic rings. The van der Waals surface area contributed by atoms with Crippen LogP contribution < -0.4 is 0 Å². The van der Waals surface area contributed by atoms with Gasteiger partial charge in [-0.1, -0.05) is 61.4 Å². The highest BCUT2D eigenvalue weighted by molar-refractivity contribution is 5.96. The molecule has 32 heavy (non-hydrogen) atoms. The number of carbonyl (C=O) groups is 2. The molecule has 1 fully saturated rings. The molecule has 1 aliphatic heterocycles. The molecular formula is C27H35NO4. The summed E-state index contributed by atoms with van der Waals surface area (Å²) in [6.45, 7) is 4.74. The van der Waals surface area contributed by atoms with Gasteiger partial charge in [0.05, 0.1) is 25.9 Å². The van der Waals surface area contributed by atoms with Gasteiger partial charge in [0.1, 0.15) is 0 Å². The Labute approximate surface area is 191 Å². The lowest BCUT2D eigenvalue weighted by Crippen LogP contribution is -2.36. The predicted molar refractivity (Wildman–Crippen MR) is 127 cm³/mol. The van der Waals surface area contributed by atoms with E-state index in [-0.39, 0.29) is 11.8 Å². The second-order valence-corrected chi connectivity index (χ2v) is 8.41. The van der Waals surface area contributed by atoms with Crippen molar-refractivity contribution in [1.29, 1.82) is 0 Å². The quantitative estimate of drug-likeness (QED) is 0.266. The van der Waals surface area contributed by atoms with E-state index in [9.17, 15) is 9.59 Å². The molecule has 0 N–H and O–H groups in total. The van der Waals surface area contributed by atoms with Crippen LogP contribution in [0, 0.1) is 0 Å². The summed E-state index contributed by atoms with van der Waals surface area (Å²) < 4.78 is 10.6. The first-order valence-corrected chi connectivity index (χ1v) is 11.8. The Morgan fingerprint density at radius 2 is 1.56 bits per heavy atom. The molecule has 0 radical (unpaired) electrons. The van der Waals surface area contributed by atoms with Crippen LogP contribution in [0.4, 0.5) is 0 Å². The van der Waals surface area contributed by atoms with Crippen molar-refractivity contribution in [1.82, 2.24) is 4.90 Å². The van der Waals surface area contributed by atoms with Crippen molar-refractivity contribution in [3.63, 3.8) is 0 Å². The maximum absolute atomic E-state index is 12.5. The summed E-state index contributed by atoms with van der Waals surface area (Å²) in [5, 5.41) is 0. The third kappa shape index (κ3) is 7.01. The van der Waals surface area contributed by atoms with Gasteiger partial charge in [-0.05, 0) is 43.5 Å². The SMILES string of the molecule is CCOC(=O)CCCCCCC(=O)c1ccc(-c2ccc(C3COCCN3C)cc2)cc1. The van der Waals surface area contributed by atoms with Crippen LogP contribution in [0.1, 0.15) is 67.4 Å². The molecule has 5 nitrogen and oxygen atoms in total. The lowest BCUT2D eigenvalue weighted by Gasteiger charge is -2.32. The number of Topliss-reactive ketones (excluding diaryl/α,β-unsaturated/α-hetero) is 1. The smallest absolute Gasteiger partial charge is 0.305 e. The molecule has 172 valence electrons. The van der Waals surface area contributed by atoms with Gasteiger partial charge in [-0.25, -0.2) is 0 Å². The summed E-state index contributed by atoms with van der Waals surface area (Å²) in [4.78, 5) is 26.1. The fourth-order valence-corrected chi connectivity index (χ4v) is 4.07. The van der Waals surface area contributed by atoms with Crippen LogP contribution in [0.25, 0.3) is 11.1 Å². The van der Waals surface area contributed by atoms with Crippen molar-refractivity contribution >= 4 is 11.8 Å². The molecule has 3 rings (SSSR count). The molecule has 2 aromatic rings. The maximum atomic E-state index is 12.5. The third-order valence-corrected chi connectivity index (χ3v) is 6.07. The third-order valence-electron chi connectivity index (χ3n) is 6.07. The zero-order valence-electron chi connectivity index (χ0n) is 19.3. The van der Waals surface area contributed by atoms with E-state index in [0.29, 0.717) is 25.5 Å². The topological polar surface area (TPSA) is 55.8 Å². The van der Waals surface area contributed by atoms with E-state index in [1.54, 1.807) is 0 Å². The van der Waals surface area contributed by atoms with Crippen molar-refractivity contribution < 1.29 is 19.1 Å². The number of rotatable bonds is 11. The van der Waals surface area contributed by atoms with Crippen LogP contribution in [0.3, 0.4) is 0 Å². The van der Waals surface area contributed by atoms with E-state index in [0.717, 1.165) is 62.1 Å². The van der Waals surface area contributed by atoms with Gasteiger partial charge in [-0.3, -0.25) is 14.5 Å². The maximum Gasteiger partial charge on any atom is 0.305 e. The standard InChI is InChI=1S/C27H35NO4/c1-3-32-27(30)9-7-5-4-6-8-26(29)24-16-12-22(13-17-24)21-10-14-23(15-11-21)25-20-31-19-18-28(25)2/h10-17,25H,3-9,18-20H2,1-2H3. The highest BCUT2D eigenvalue weighted by Crippen LogP contribution is 2.26. The van der Waals surface area contributed by atoms with Crippen LogP contribution in [-0.2, 0) is 14.3 Å². The Morgan fingerprint density at radius 3 is 2.19 bits per heavy atom. The van der Waals surface area contributed by atoms with E-state index in [1.165, 1.54) is 5.56 Å². The summed E-state index contributed by atoms with van der Waals surface area (Å²) >= 11 is 0. The zero-order chi connectivity index (χ0) is 22.8. The minimum Gasteiger partial charge on any atom is -0.466 e. The number of morpholine rings is 1. The van der Waals surface area contributed by atoms with E-state index >= 15 is 0 Å². The summed E-state index contributed by atoms with van der Waals surface area (Å²) in [6, 6.07) is 16.8. The van der Waals surface area contributed by atoms with Crippen molar-refractivity contribution in [3.05, 3.63) is 59.7 Å². The second-order valence-electron chi connectivity index (χ2n) is 8.41. The van der Waals surface area contributed by atoms with Crippen LogP contribution >= 0.6 is 0 Å². The number of nitrogens with zero attached hydrogens (tertiary/aromatic N) is 1. The molecule has 0 spiro atoms. The van der Waals surface area contributed by atoms with Gasteiger partial charge in [0.15, 0.2) is 5.78 Å². The van der Waals surface area contributed by atoms with Gasteiger partial charge in [0.25, 0.3) is 0 Å². The molecule has 0 saturated carbocycles. The predicted octanol–water partition coefficient (Wildman–Crippen LogP) is 5.44. The Bertz CT molecular complexity index is 860. The lowest BCUT2D eigenvalue weighted by atomic mass is 9.97. The number of carbonyl (C=O) groups excluding carboxylic acids is 2. The Hall–Kier alpha value is -2.50. The van der Waals surface area contributed by atoms with Crippen LogP contribution in [0.2, 0.25) is 0 Å². The van der Waals surface area contributed by atoms with Gasteiger partial charge in [-0.2, -0.15) is 0 Å². The highest BCUT2D eigenvalue weighted by atomic mass is 16.5. The van der Waals surface area contributed by atoms with E-state index in [1.807, 2.05) is 31.2 Å². The minimum absolute atomic E-state index is 0.131. The fraction of sp³-hybridized carbons (Fsp3) is 0.481. The number of hydrogen-bond acceptors (Lipinski definition) is 5. The van der Waals surface area contributed by atoms with Gasteiger partial charge in [-0.15, -0.1) is 0 Å². The summed E-state index contributed by atoms with van der Waals surface area (Å²) in [6.07, 6.45) is 4.59. The number of hydrogen-bond donors (Lipinski definition) is 0. The Morgan fingerprint density at radius 1 is 0.938 bits per heavy atom. The van der Waals surface area contributed by atoms with Gasteiger partial charge in [0.2, 0.25) is 0 Å². The van der Waals surface area contributed by atoms with Crippen molar-refractivity contribution in [2.24, 2.45) is 0 Å². The monoisotopic (exact) mass is 437 g/mol. The molecule has 1 unspecified atom stereocenters. The molecular weight excluding hydrogens is 402 g/mol. The largest absolute Gasteiger partial charge is 0.466 e. The molecule has 1 atom stereocenters. The number of likely N-dealkylation sites (N-methyl/N-ethyl adjacent to an activating group) is 1. The number of unbranched alkanes of at least 4 members (excludes halogenated alkanes) is 3. The first-order valence-electron chi connectivity index (χ1n) is 11.8. The van der Waals surface area contributed by atoms with Crippen molar-refractivity contribution in [2.45, 2.75) is 51.5 Å². The number of ether oxygens (including phenoxy) is 2. The van der Waals surface area contributed by atoms with Gasteiger partial charge < -0.3 is 9.47 Å². The lowest BCUT2D eigenvalue weighted by molar-refractivity contribution is -0.143. The van der Waals surface area contributed by atoms with E-state index in [4.69, 9.17) is 9.47 Å². The summed E-state index contributed by atoms with van der Waals surface area (Å²) in [5.74, 6) is 0.0475. The average molecular weight is 438 g/mol. The van der Waals surface area contributed by atoms with Crippen LogP contribution in [0.5, 0.6) is 0 Å². The Kier molecular flexibility index (Phi) is 9.44. The summed E-state index contributed by atoms with van der Waals surface area (Å²) in [5.41, 5.74) is 4.29. The minimum atomic E-state index is -0.131. The van der Waals surface area contributed by atoms with E-state index in [2.05, 4.69) is 36.2 Å². The Balaban J connectivity index is 1.45. The second kappa shape index (κ2) is 12.5. The molecule has 0 bridgehead atoms. The zero-order valence-corrected chi connectivity index (χ0v) is 19.3. The number of ketones is 1. The number of esters is 1. The molecule has 2 aromatic carbocycles. The molecule has 1 saturated heterocycles. The highest BCUT2D eigenvalue weighted by Gasteiger charge is 2.21. The molecule has 0 aliphatic carbocycles. The molecule has 0 aromatic heterocycles. The molecule has 1 heterocycles. The fourth-order valence-electron chi connectivity index (χ4n) is 4.07. The van der Waals surface area contributed by atoms with Gasteiger partial charge >= 0.3 is 5.97 Å². The number of benzene rings is 2. The first-order chi connectivity index (χ1) is 15.6.